The van der Waals surface area contributed by atoms with Crippen LogP contribution < -0.4 is 8.85 Å². The maximum absolute atomic E-state index is 11.0. The average Bonchev–Trinajstić information content (AvgIpc) is 2.75. The summed E-state index contributed by atoms with van der Waals surface area (Å²) in [5.41, 5.74) is 2.36. The van der Waals surface area contributed by atoms with Gasteiger partial charge in [0.1, 0.15) is 11.5 Å². The van der Waals surface area contributed by atoms with Gasteiger partial charge in [-0.25, -0.2) is 0 Å². The first kappa shape index (κ1) is 32.7. The van der Waals surface area contributed by atoms with Gasteiger partial charge in [0.05, 0.1) is 0 Å². The lowest BCUT2D eigenvalue weighted by atomic mass is 10.1. The molecular weight excluding hydrogens is 489 g/mol. The van der Waals surface area contributed by atoms with Crippen LogP contribution in [0.15, 0.2) is 73.3 Å². The quantitative estimate of drug-likeness (QED) is 0.181. The average molecular weight is 539 g/mol. The number of hydrogen-bond acceptors (Lipinski definition) is 3. The number of benzene rings is 2. The summed E-state index contributed by atoms with van der Waals surface area (Å²) in [6.45, 7) is 27.9. The predicted molar refractivity (Wildman–Crippen MR) is 166 cm³/mol. The van der Waals surface area contributed by atoms with Crippen molar-refractivity contribution in [3.8, 4) is 11.5 Å². The van der Waals surface area contributed by atoms with Gasteiger partial charge in [0.2, 0.25) is 16.6 Å². The van der Waals surface area contributed by atoms with Crippen LogP contribution in [0.4, 0.5) is 0 Å². The van der Waals surface area contributed by atoms with Crippen molar-refractivity contribution in [3.63, 3.8) is 0 Å². The van der Waals surface area contributed by atoms with Crippen molar-refractivity contribution in [2.45, 2.75) is 97.6 Å². The van der Waals surface area contributed by atoms with E-state index >= 15 is 0 Å². The van der Waals surface area contributed by atoms with Crippen LogP contribution in [0.1, 0.15) is 59.6 Å². The summed E-state index contributed by atoms with van der Waals surface area (Å²) in [7, 11) is -3.57. The van der Waals surface area contributed by atoms with Gasteiger partial charge in [-0.1, -0.05) is 90.1 Å². The number of carbonyl (C=O) groups is 1. The number of para-hydroxylation sites is 2. The molecule has 2 rings (SSSR count). The van der Waals surface area contributed by atoms with Crippen molar-refractivity contribution >= 4 is 22.4 Å². The zero-order valence-corrected chi connectivity index (χ0v) is 27.2. The number of ketones is 1. The number of rotatable bonds is 9. The normalized spacial score (nSPS) is 12.5. The van der Waals surface area contributed by atoms with Gasteiger partial charge in [-0.3, -0.25) is 4.79 Å². The molecule has 0 heterocycles. The topological polar surface area (TPSA) is 35.5 Å². The highest BCUT2D eigenvalue weighted by atomic mass is 28.4. The van der Waals surface area contributed by atoms with Gasteiger partial charge in [0.25, 0.3) is 0 Å². The SMILES string of the molecule is C=CCc1ccccc1O[Si](C)(C)C(C)(C)C.CC(=O)/C=C/Cc1ccccc1O[Si](C)(C)C(C)(C)C. The van der Waals surface area contributed by atoms with Crippen LogP contribution in [0, 0.1) is 0 Å². The van der Waals surface area contributed by atoms with Crippen molar-refractivity contribution in [1.82, 2.24) is 0 Å². The fourth-order valence-corrected chi connectivity index (χ4v) is 5.02. The lowest BCUT2D eigenvalue weighted by Crippen LogP contribution is -2.44. The van der Waals surface area contributed by atoms with Crippen molar-refractivity contribution in [2.75, 3.05) is 0 Å². The van der Waals surface area contributed by atoms with E-state index in [1.165, 1.54) is 5.56 Å². The second-order valence-corrected chi connectivity index (χ2v) is 22.1. The fourth-order valence-electron chi connectivity index (χ4n) is 2.91. The van der Waals surface area contributed by atoms with Gasteiger partial charge in [-0.05, 0) is 85.4 Å². The summed E-state index contributed by atoms with van der Waals surface area (Å²) in [6, 6.07) is 16.4. The molecule has 0 N–H and O–H groups in total. The molecular formula is C32H50O3Si2. The maximum atomic E-state index is 11.0. The zero-order chi connectivity index (χ0) is 28.5. The Morgan fingerprint density at radius 3 is 1.49 bits per heavy atom. The smallest absolute Gasteiger partial charge is 0.250 e. The third-order valence-electron chi connectivity index (χ3n) is 7.34. The maximum Gasteiger partial charge on any atom is 0.250 e. The Morgan fingerprint density at radius 2 is 1.14 bits per heavy atom. The molecule has 37 heavy (non-hydrogen) atoms. The molecule has 0 spiro atoms. The van der Waals surface area contributed by atoms with E-state index in [4.69, 9.17) is 8.85 Å². The first-order valence-corrected chi connectivity index (χ1v) is 19.0. The summed E-state index contributed by atoms with van der Waals surface area (Å²) in [4.78, 5) is 11.0. The molecule has 0 saturated carbocycles. The van der Waals surface area contributed by atoms with Crippen LogP contribution in [0.5, 0.6) is 11.5 Å². The molecule has 0 aliphatic carbocycles. The molecule has 0 aliphatic heterocycles. The summed E-state index contributed by atoms with van der Waals surface area (Å²) < 4.78 is 12.7. The molecule has 0 amide bonds. The van der Waals surface area contributed by atoms with Crippen molar-refractivity contribution < 1.29 is 13.6 Å². The van der Waals surface area contributed by atoms with E-state index < -0.39 is 16.6 Å². The number of carbonyl (C=O) groups excluding carboxylic acids is 1. The van der Waals surface area contributed by atoms with Crippen molar-refractivity contribution in [1.29, 1.82) is 0 Å². The molecule has 0 saturated heterocycles. The molecule has 0 fully saturated rings. The Hall–Kier alpha value is -2.38. The highest BCUT2D eigenvalue weighted by Gasteiger charge is 2.40. The van der Waals surface area contributed by atoms with Crippen LogP contribution in [0.3, 0.4) is 0 Å². The monoisotopic (exact) mass is 538 g/mol. The Morgan fingerprint density at radius 1 is 0.757 bits per heavy atom. The summed E-state index contributed by atoms with van der Waals surface area (Å²) in [5, 5.41) is 0.406. The highest BCUT2D eigenvalue weighted by molar-refractivity contribution is 6.75. The van der Waals surface area contributed by atoms with Gasteiger partial charge >= 0.3 is 0 Å². The summed E-state index contributed by atoms with van der Waals surface area (Å²) in [5.74, 6) is 2.05. The van der Waals surface area contributed by atoms with Crippen molar-refractivity contribution in [3.05, 3.63) is 84.5 Å². The highest BCUT2D eigenvalue weighted by Crippen LogP contribution is 2.39. The minimum Gasteiger partial charge on any atom is -0.543 e. The van der Waals surface area contributed by atoms with Crippen LogP contribution in [0.2, 0.25) is 36.3 Å². The second kappa shape index (κ2) is 13.4. The molecule has 0 radical (unpaired) electrons. The minimum absolute atomic E-state index is 0.0767. The molecule has 0 atom stereocenters. The van der Waals surface area contributed by atoms with Gasteiger partial charge < -0.3 is 8.85 Å². The van der Waals surface area contributed by atoms with E-state index in [1.807, 2.05) is 36.4 Å². The first-order valence-electron chi connectivity index (χ1n) is 13.2. The lowest BCUT2D eigenvalue weighted by Gasteiger charge is -2.37. The zero-order valence-electron chi connectivity index (χ0n) is 25.2. The Labute approximate surface area is 229 Å². The molecule has 0 aliphatic rings. The Kier molecular flexibility index (Phi) is 11.9. The first-order chi connectivity index (χ1) is 16.9. The minimum atomic E-state index is -1.83. The van der Waals surface area contributed by atoms with Crippen molar-refractivity contribution in [2.24, 2.45) is 0 Å². The largest absolute Gasteiger partial charge is 0.543 e. The molecule has 0 unspecified atom stereocenters. The van der Waals surface area contributed by atoms with Gasteiger partial charge in [-0.2, -0.15) is 0 Å². The molecule has 0 aromatic heterocycles. The fraction of sp³-hybridized carbons (Fsp3) is 0.469. The molecule has 0 bridgehead atoms. The third kappa shape index (κ3) is 10.5. The van der Waals surface area contributed by atoms with E-state index in [1.54, 1.807) is 13.0 Å². The molecule has 5 heteroatoms. The second-order valence-electron chi connectivity index (χ2n) is 12.7. The van der Waals surface area contributed by atoms with E-state index in [0.717, 1.165) is 29.9 Å². The lowest BCUT2D eigenvalue weighted by molar-refractivity contribution is -0.112. The molecule has 204 valence electrons. The van der Waals surface area contributed by atoms with E-state index in [-0.39, 0.29) is 15.9 Å². The predicted octanol–water partition coefficient (Wildman–Crippen LogP) is 9.56. The van der Waals surface area contributed by atoms with Gasteiger partial charge in [0.15, 0.2) is 5.78 Å². The van der Waals surface area contributed by atoms with Gasteiger partial charge in [0, 0.05) is 0 Å². The van der Waals surface area contributed by atoms with Gasteiger partial charge in [-0.15, -0.1) is 6.58 Å². The third-order valence-corrected chi connectivity index (χ3v) is 16.0. The summed E-state index contributed by atoms with van der Waals surface area (Å²) in [6.07, 6.45) is 7.03. The summed E-state index contributed by atoms with van der Waals surface area (Å²) >= 11 is 0. The van der Waals surface area contributed by atoms with Crippen LogP contribution in [-0.4, -0.2) is 22.4 Å². The molecule has 2 aromatic rings. The van der Waals surface area contributed by atoms with Crippen LogP contribution in [-0.2, 0) is 17.6 Å². The molecule has 2 aromatic carbocycles. The van der Waals surface area contributed by atoms with E-state index in [9.17, 15) is 4.79 Å². The Bertz CT molecular complexity index is 1050. The Balaban J connectivity index is 0.000000375. The standard InChI is InChI=1S/C17H26O2Si.C15H24OSi/c1-14(18)10-9-12-15-11-7-8-13-16(15)19-20(5,6)17(2,3)4;1-7-10-13-11-8-9-12-14(13)16-17(5,6)15(2,3)4/h7-11,13H,12H2,1-6H3;7-9,11-12H,1,10H2,2-6H3/b10-9+;. The van der Waals surface area contributed by atoms with E-state index in [0.29, 0.717) is 0 Å². The van der Waals surface area contributed by atoms with E-state index in [2.05, 4.69) is 98.6 Å². The molecule has 3 nitrogen and oxygen atoms in total. The number of hydrogen-bond donors (Lipinski definition) is 0. The number of allylic oxidation sites excluding steroid dienone is 3. The van der Waals surface area contributed by atoms with Crippen LogP contribution in [0.25, 0.3) is 0 Å². The van der Waals surface area contributed by atoms with Crippen LogP contribution >= 0.6 is 0 Å².